The van der Waals surface area contributed by atoms with Crippen LogP contribution in [0.2, 0.25) is 0 Å². The molecule has 0 saturated heterocycles. The van der Waals surface area contributed by atoms with Crippen molar-refractivity contribution in [2.24, 2.45) is 0 Å². The van der Waals surface area contributed by atoms with Crippen molar-refractivity contribution in [3.05, 3.63) is 249 Å². The van der Waals surface area contributed by atoms with Gasteiger partial charge in [0.25, 0.3) is 0 Å². The lowest BCUT2D eigenvalue weighted by molar-refractivity contribution is 1.27. The van der Waals surface area contributed by atoms with Crippen molar-refractivity contribution in [3.63, 3.8) is 0 Å². The van der Waals surface area contributed by atoms with E-state index in [0.29, 0.717) is 0 Å². The summed E-state index contributed by atoms with van der Waals surface area (Å²) in [7, 11) is 0. The van der Waals surface area contributed by atoms with E-state index in [1.807, 2.05) is 0 Å². The molecule has 0 nitrogen and oxygen atoms in total. The van der Waals surface area contributed by atoms with Gasteiger partial charge in [0.15, 0.2) is 0 Å². The molecule has 0 N–H and O–H groups in total. The van der Waals surface area contributed by atoms with Crippen molar-refractivity contribution in [3.8, 4) is 33.4 Å². The molecular formula is C58H50. The van der Waals surface area contributed by atoms with Crippen molar-refractivity contribution >= 4 is 23.3 Å². The van der Waals surface area contributed by atoms with Gasteiger partial charge in [0.1, 0.15) is 0 Å². The largest absolute Gasteiger partial charge is 0.0622 e. The second-order valence-corrected chi connectivity index (χ2v) is 15.6. The topological polar surface area (TPSA) is 0 Å². The van der Waals surface area contributed by atoms with Gasteiger partial charge in [0.05, 0.1) is 0 Å². The first-order valence-electron chi connectivity index (χ1n) is 20.3. The van der Waals surface area contributed by atoms with E-state index in [2.05, 4.69) is 236 Å². The first-order valence-corrected chi connectivity index (χ1v) is 20.3. The van der Waals surface area contributed by atoms with Gasteiger partial charge < -0.3 is 0 Å². The van der Waals surface area contributed by atoms with Gasteiger partial charge >= 0.3 is 0 Å². The maximum absolute atomic E-state index is 2.38. The number of aryl methyl sites for hydroxylation is 4. The molecule has 0 unspecified atom stereocenters. The monoisotopic (exact) mass is 746 g/mol. The van der Waals surface area contributed by atoms with Gasteiger partial charge in [-0.2, -0.15) is 0 Å². The predicted molar refractivity (Wildman–Crippen MR) is 251 cm³/mol. The van der Waals surface area contributed by atoms with Crippen molar-refractivity contribution in [1.82, 2.24) is 0 Å². The van der Waals surface area contributed by atoms with Gasteiger partial charge in [-0.05, 0) is 165 Å². The van der Waals surface area contributed by atoms with Crippen LogP contribution in [0, 0.1) is 41.5 Å². The third-order valence-electron chi connectivity index (χ3n) is 11.6. The van der Waals surface area contributed by atoms with Gasteiger partial charge in [-0.1, -0.05) is 182 Å². The van der Waals surface area contributed by atoms with E-state index < -0.39 is 0 Å². The Morgan fingerprint density at radius 3 is 0.828 bits per heavy atom. The Hall–Kier alpha value is -6.76. The summed E-state index contributed by atoms with van der Waals surface area (Å²) in [4.78, 5) is 0. The minimum atomic E-state index is 1.18. The highest BCUT2D eigenvalue weighted by Crippen LogP contribution is 2.43. The Morgan fingerprint density at radius 2 is 0.552 bits per heavy atom. The van der Waals surface area contributed by atoms with Gasteiger partial charge in [-0.15, -0.1) is 0 Å². The van der Waals surface area contributed by atoms with Crippen LogP contribution in [0.15, 0.2) is 182 Å². The van der Waals surface area contributed by atoms with Gasteiger partial charge in [-0.3, -0.25) is 0 Å². The third kappa shape index (κ3) is 7.80. The molecule has 0 heteroatoms. The number of benzene rings is 8. The fraction of sp³-hybridized carbons (Fsp3) is 0.103. The van der Waals surface area contributed by atoms with E-state index in [9.17, 15) is 0 Å². The van der Waals surface area contributed by atoms with E-state index in [1.165, 1.54) is 111 Å². The van der Waals surface area contributed by atoms with Crippen LogP contribution in [0.4, 0.5) is 0 Å². The fourth-order valence-corrected chi connectivity index (χ4v) is 8.99. The highest BCUT2D eigenvalue weighted by molar-refractivity contribution is 5.94. The summed E-state index contributed by atoms with van der Waals surface area (Å²) in [5, 5.41) is 0. The molecular weight excluding hydrogens is 697 g/mol. The first-order chi connectivity index (χ1) is 28.3. The molecule has 282 valence electrons. The molecule has 0 radical (unpaired) electrons. The molecule has 8 aromatic carbocycles. The van der Waals surface area contributed by atoms with Crippen LogP contribution in [0.5, 0.6) is 0 Å². The minimum absolute atomic E-state index is 1.18. The lowest BCUT2D eigenvalue weighted by Crippen LogP contribution is -2.01. The Labute approximate surface area is 345 Å². The van der Waals surface area contributed by atoms with Gasteiger partial charge in [-0.25, -0.2) is 0 Å². The molecule has 0 amide bonds. The molecule has 0 atom stereocenters. The average Bonchev–Trinajstić information content (AvgIpc) is 3.25. The smallest absolute Gasteiger partial charge is 0.0105 e. The van der Waals surface area contributed by atoms with Crippen molar-refractivity contribution in [2.75, 3.05) is 0 Å². The summed E-state index contributed by atoms with van der Waals surface area (Å²) >= 11 is 0. The third-order valence-corrected chi connectivity index (χ3v) is 11.6. The summed E-state index contributed by atoms with van der Waals surface area (Å²) in [6, 6.07) is 65.7. The van der Waals surface area contributed by atoms with Crippen molar-refractivity contribution in [2.45, 2.75) is 41.5 Å². The molecule has 0 bridgehead atoms. The fourth-order valence-electron chi connectivity index (χ4n) is 8.99. The van der Waals surface area contributed by atoms with Crippen LogP contribution in [-0.4, -0.2) is 0 Å². The minimum Gasteiger partial charge on any atom is -0.0622 e. The summed E-state index contributed by atoms with van der Waals surface area (Å²) in [6.07, 6.45) is 4.62. The molecule has 0 spiro atoms. The molecule has 58 heavy (non-hydrogen) atoms. The van der Waals surface area contributed by atoms with E-state index in [4.69, 9.17) is 0 Å². The summed E-state index contributed by atoms with van der Waals surface area (Å²) in [5.74, 6) is 0. The molecule has 8 rings (SSSR count). The lowest BCUT2D eigenvalue weighted by Gasteiger charge is -2.24. The quantitative estimate of drug-likeness (QED) is 0.129. The van der Waals surface area contributed by atoms with Crippen LogP contribution >= 0.6 is 0 Å². The van der Waals surface area contributed by atoms with Crippen molar-refractivity contribution < 1.29 is 0 Å². The van der Waals surface area contributed by atoms with E-state index in [-0.39, 0.29) is 0 Å². The Balaban J connectivity index is 1.16. The zero-order valence-corrected chi connectivity index (χ0v) is 34.5. The Bertz CT molecular complexity index is 2470. The summed E-state index contributed by atoms with van der Waals surface area (Å²) < 4.78 is 0. The van der Waals surface area contributed by atoms with E-state index in [0.717, 1.165) is 0 Å². The van der Waals surface area contributed by atoms with Crippen LogP contribution in [0.3, 0.4) is 0 Å². The average molecular weight is 747 g/mol. The Morgan fingerprint density at radius 1 is 0.293 bits per heavy atom. The van der Waals surface area contributed by atoms with Crippen LogP contribution in [-0.2, 0) is 0 Å². The maximum atomic E-state index is 2.38. The summed E-state index contributed by atoms with van der Waals surface area (Å²) in [5.41, 5.74) is 25.3. The molecule has 0 aliphatic heterocycles. The highest BCUT2D eigenvalue weighted by atomic mass is 14.2. The molecule has 0 fully saturated rings. The van der Waals surface area contributed by atoms with Crippen LogP contribution in [0.1, 0.15) is 66.8 Å². The molecule has 8 aromatic rings. The number of rotatable bonds is 9. The molecule has 0 saturated carbocycles. The second kappa shape index (κ2) is 16.8. The van der Waals surface area contributed by atoms with Gasteiger partial charge in [0.2, 0.25) is 0 Å². The standard InChI is InChI=1S/C58H50/c1-39-35-41(3)57(43(5)55(39)51-31-27-45(28-32-51)37-53(47-19-11-7-12-20-47)48-21-13-8-14-22-48)58-42(4)36-40(2)56(44(58)6)52-33-29-46(30-34-52)38-54(49-23-15-9-16-24-49)50-25-17-10-18-26-50/h7-38H,1-6H3. The van der Waals surface area contributed by atoms with E-state index >= 15 is 0 Å². The molecule has 0 aromatic heterocycles. The number of hydrogen-bond donors (Lipinski definition) is 0. The Kier molecular flexibility index (Phi) is 11.0. The zero-order chi connectivity index (χ0) is 40.2. The zero-order valence-electron chi connectivity index (χ0n) is 34.5. The van der Waals surface area contributed by atoms with Gasteiger partial charge in [0, 0.05) is 0 Å². The first kappa shape index (κ1) is 38.1. The SMILES string of the molecule is Cc1cc(C)c(-c2c(C)cc(C)c(-c3ccc(C=C(c4ccccc4)c4ccccc4)cc3)c2C)c(C)c1-c1ccc(C=C(c2ccccc2)c2ccccc2)cc1. The molecule has 0 aliphatic carbocycles. The van der Waals surface area contributed by atoms with Crippen molar-refractivity contribution in [1.29, 1.82) is 0 Å². The normalized spacial score (nSPS) is 10.9. The highest BCUT2D eigenvalue weighted by Gasteiger charge is 2.21. The predicted octanol–water partition coefficient (Wildman–Crippen LogP) is 15.7. The van der Waals surface area contributed by atoms with Crippen LogP contribution in [0.25, 0.3) is 56.7 Å². The summed E-state index contributed by atoms with van der Waals surface area (Å²) in [6.45, 7) is 13.7. The molecule has 0 aliphatic rings. The lowest BCUT2D eigenvalue weighted by atomic mass is 9.80. The molecule has 0 heterocycles. The number of hydrogen-bond acceptors (Lipinski definition) is 0. The van der Waals surface area contributed by atoms with E-state index in [1.54, 1.807) is 0 Å². The second-order valence-electron chi connectivity index (χ2n) is 15.6. The maximum Gasteiger partial charge on any atom is -0.0105 e. The van der Waals surface area contributed by atoms with Crippen LogP contribution < -0.4 is 0 Å².